The van der Waals surface area contributed by atoms with Crippen molar-refractivity contribution in [1.29, 1.82) is 0 Å². The Morgan fingerprint density at radius 3 is 2.22 bits per heavy atom. The molecule has 1 aliphatic heterocycles. The Morgan fingerprint density at radius 2 is 1.52 bits per heavy atom. The van der Waals surface area contributed by atoms with Gasteiger partial charge in [0.25, 0.3) is 11.1 Å². The number of thioether (sulfide) groups is 1. The molecule has 0 atom stereocenters. The van der Waals surface area contributed by atoms with Crippen LogP contribution in [0.5, 0.6) is 11.5 Å². The minimum absolute atomic E-state index is 0.338. The topological polar surface area (TPSA) is 55.4 Å². The fourth-order valence-corrected chi connectivity index (χ4v) is 3.42. The highest BCUT2D eigenvalue weighted by Gasteiger charge is 2.24. The third-order valence-corrected chi connectivity index (χ3v) is 4.83. The van der Waals surface area contributed by atoms with Crippen LogP contribution in [0.25, 0.3) is 17.2 Å². The number of ether oxygens (including phenoxy) is 1. The number of carbonyl (C=O) groups excluding carboxylic acids is 2. The Balaban J connectivity index is 1.60. The molecule has 1 heterocycles. The van der Waals surface area contributed by atoms with E-state index in [0.717, 1.165) is 40.0 Å². The summed E-state index contributed by atoms with van der Waals surface area (Å²) in [5.74, 6) is 1.20. The fourth-order valence-electron chi connectivity index (χ4n) is 2.74. The second-order valence-corrected chi connectivity index (χ2v) is 6.90. The van der Waals surface area contributed by atoms with Gasteiger partial charge >= 0.3 is 0 Å². The van der Waals surface area contributed by atoms with Gasteiger partial charge < -0.3 is 4.74 Å². The normalized spacial score (nSPS) is 15.0. The zero-order valence-corrected chi connectivity index (χ0v) is 15.0. The molecule has 3 aromatic carbocycles. The molecule has 0 spiro atoms. The van der Waals surface area contributed by atoms with Crippen molar-refractivity contribution in [2.45, 2.75) is 0 Å². The standard InChI is InChI=1S/C22H15NO3S/c24-21-20(27-22(25)23-21)14-15-10-12-16(13-11-15)18-8-4-5-9-19(18)26-17-6-2-1-3-7-17/h1-14H,(H,23,24,25)/b20-14-. The summed E-state index contributed by atoms with van der Waals surface area (Å²) >= 11 is 0.914. The van der Waals surface area contributed by atoms with Gasteiger partial charge in [-0.25, -0.2) is 0 Å². The van der Waals surface area contributed by atoms with Crippen LogP contribution in [0.1, 0.15) is 5.56 Å². The van der Waals surface area contributed by atoms with Crippen molar-refractivity contribution in [3.05, 3.63) is 89.3 Å². The molecule has 0 saturated carbocycles. The van der Waals surface area contributed by atoms with E-state index in [0.29, 0.717) is 4.91 Å². The van der Waals surface area contributed by atoms with Crippen LogP contribution in [-0.2, 0) is 4.79 Å². The van der Waals surface area contributed by atoms with Crippen molar-refractivity contribution in [3.8, 4) is 22.6 Å². The number of imide groups is 1. The molecular formula is C22H15NO3S. The summed E-state index contributed by atoms with van der Waals surface area (Å²) in [7, 11) is 0. The van der Waals surface area contributed by atoms with Gasteiger partial charge in [0.2, 0.25) is 0 Å². The smallest absolute Gasteiger partial charge is 0.290 e. The lowest BCUT2D eigenvalue weighted by atomic mass is 10.0. The highest BCUT2D eigenvalue weighted by Crippen LogP contribution is 2.33. The maximum absolute atomic E-state index is 11.7. The molecule has 0 unspecified atom stereocenters. The fraction of sp³-hybridized carbons (Fsp3) is 0. The van der Waals surface area contributed by atoms with Crippen LogP contribution in [0, 0.1) is 0 Å². The minimum atomic E-state index is -0.351. The van der Waals surface area contributed by atoms with E-state index in [-0.39, 0.29) is 11.1 Å². The van der Waals surface area contributed by atoms with Gasteiger partial charge in [0.1, 0.15) is 11.5 Å². The Hall–Kier alpha value is -3.31. The van der Waals surface area contributed by atoms with E-state index in [9.17, 15) is 9.59 Å². The number of para-hydroxylation sites is 2. The molecule has 5 heteroatoms. The van der Waals surface area contributed by atoms with E-state index in [2.05, 4.69) is 5.32 Å². The summed E-state index contributed by atoms with van der Waals surface area (Å²) < 4.78 is 6.02. The molecule has 0 aliphatic carbocycles. The predicted molar refractivity (Wildman–Crippen MR) is 108 cm³/mol. The molecule has 0 bridgehead atoms. The van der Waals surface area contributed by atoms with E-state index < -0.39 is 0 Å². The average Bonchev–Trinajstić information content (AvgIpc) is 3.01. The van der Waals surface area contributed by atoms with Gasteiger partial charge in [-0.05, 0) is 47.2 Å². The van der Waals surface area contributed by atoms with Crippen LogP contribution in [0.2, 0.25) is 0 Å². The van der Waals surface area contributed by atoms with E-state index in [4.69, 9.17) is 4.74 Å². The van der Waals surface area contributed by atoms with Gasteiger partial charge in [0.05, 0.1) is 4.91 Å². The third kappa shape index (κ3) is 3.93. The summed E-state index contributed by atoms with van der Waals surface area (Å²) in [6.07, 6.45) is 1.71. The van der Waals surface area contributed by atoms with Crippen LogP contribution < -0.4 is 10.1 Å². The maximum Gasteiger partial charge on any atom is 0.290 e. The molecule has 4 nitrogen and oxygen atoms in total. The molecule has 4 rings (SSSR count). The number of benzene rings is 3. The molecule has 1 saturated heterocycles. The van der Waals surface area contributed by atoms with Crippen molar-refractivity contribution < 1.29 is 14.3 Å². The minimum Gasteiger partial charge on any atom is -0.457 e. The molecule has 1 aliphatic rings. The maximum atomic E-state index is 11.7. The van der Waals surface area contributed by atoms with Crippen molar-refractivity contribution in [2.75, 3.05) is 0 Å². The van der Waals surface area contributed by atoms with Gasteiger partial charge in [-0.2, -0.15) is 0 Å². The monoisotopic (exact) mass is 373 g/mol. The molecular weight excluding hydrogens is 358 g/mol. The van der Waals surface area contributed by atoms with Crippen molar-refractivity contribution >= 4 is 29.0 Å². The van der Waals surface area contributed by atoms with Crippen LogP contribution in [-0.4, -0.2) is 11.1 Å². The Morgan fingerprint density at radius 1 is 0.815 bits per heavy atom. The number of carbonyl (C=O) groups is 2. The summed E-state index contributed by atoms with van der Waals surface area (Å²) in [6, 6.07) is 25.3. The molecule has 1 N–H and O–H groups in total. The molecule has 132 valence electrons. The molecule has 0 radical (unpaired) electrons. The molecule has 0 aromatic heterocycles. The van der Waals surface area contributed by atoms with Crippen molar-refractivity contribution in [1.82, 2.24) is 5.32 Å². The van der Waals surface area contributed by atoms with Gasteiger partial charge in [0.15, 0.2) is 0 Å². The summed E-state index contributed by atoms with van der Waals surface area (Å²) in [4.78, 5) is 23.3. The first kappa shape index (κ1) is 17.1. The zero-order valence-electron chi connectivity index (χ0n) is 14.2. The summed E-state index contributed by atoms with van der Waals surface area (Å²) in [5.41, 5.74) is 2.83. The lowest BCUT2D eigenvalue weighted by Gasteiger charge is -2.11. The Bertz CT molecular complexity index is 1030. The van der Waals surface area contributed by atoms with Crippen LogP contribution >= 0.6 is 11.8 Å². The lowest BCUT2D eigenvalue weighted by molar-refractivity contribution is -0.115. The number of nitrogens with one attached hydrogen (secondary N) is 1. The summed E-state index contributed by atoms with van der Waals surface area (Å²) in [6.45, 7) is 0. The van der Waals surface area contributed by atoms with Crippen LogP contribution in [0.15, 0.2) is 83.8 Å². The zero-order chi connectivity index (χ0) is 18.6. The van der Waals surface area contributed by atoms with Gasteiger partial charge in [0, 0.05) is 5.56 Å². The predicted octanol–water partition coefficient (Wildman–Crippen LogP) is 5.47. The largest absolute Gasteiger partial charge is 0.457 e. The van der Waals surface area contributed by atoms with E-state index in [1.807, 2.05) is 78.9 Å². The Labute approximate surface area is 160 Å². The highest BCUT2D eigenvalue weighted by molar-refractivity contribution is 8.18. The second-order valence-electron chi connectivity index (χ2n) is 5.89. The first-order chi connectivity index (χ1) is 13.2. The van der Waals surface area contributed by atoms with E-state index in [1.165, 1.54) is 0 Å². The van der Waals surface area contributed by atoms with E-state index >= 15 is 0 Å². The first-order valence-corrected chi connectivity index (χ1v) is 9.18. The third-order valence-electron chi connectivity index (χ3n) is 4.02. The van der Waals surface area contributed by atoms with Gasteiger partial charge in [-0.3, -0.25) is 14.9 Å². The average molecular weight is 373 g/mol. The SMILES string of the molecule is O=C1NC(=O)/C(=C/c2ccc(-c3ccccc3Oc3ccccc3)cc2)S1. The highest BCUT2D eigenvalue weighted by atomic mass is 32.2. The van der Waals surface area contributed by atoms with Crippen LogP contribution in [0.3, 0.4) is 0 Å². The number of rotatable bonds is 4. The number of amides is 2. The first-order valence-electron chi connectivity index (χ1n) is 8.36. The van der Waals surface area contributed by atoms with Crippen molar-refractivity contribution in [2.24, 2.45) is 0 Å². The number of hydrogen-bond acceptors (Lipinski definition) is 4. The molecule has 2 amide bonds. The van der Waals surface area contributed by atoms with Gasteiger partial charge in [-0.1, -0.05) is 60.7 Å². The van der Waals surface area contributed by atoms with Crippen LogP contribution in [0.4, 0.5) is 4.79 Å². The Kier molecular flexibility index (Phi) is 4.77. The second kappa shape index (κ2) is 7.51. The molecule has 3 aromatic rings. The quantitative estimate of drug-likeness (QED) is 0.616. The summed E-state index contributed by atoms with van der Waals surface area (Å²) in [5, 5.41) is 1.92. The van der Waals surface area contributed by atoms with Gasteiger partial charge in [-0.15, -0.1) is 0 Å². The lowest BCUT2D eigenvalue weighted by Crippen LogP contribution is -2.17. The molecule has 1 fully saturated rings. The number of hydrogen-bond donors (Lipinski definition) is 1. The van der Waals surface area contributed by atoms with Crippen molar-refractivity contribution in [3.63, 3.8) is 0 Å². The van der Waals surface area contributed by atoms with E-state index in [1.54, 1.807) is 6.08 Å². The molecule has 27 heavy (non-hydrogen) atoms.